The minimum Gasteiger partial charge on any atom is -0.364 e. The lowest BCUT2D eigenvalue weighted by Crippen LogP contribution is -2.34. The van der Waals surface area contributed by atoms with Gasteiger partial charge in [-0.2, -0.15) is 0 Å². The summed E-state index contributed by atoms with van der Waals surface area (Å²) < 4.78 is 14.6. The van der Waals surface area contributed by atoms with Gasteiger partial charge in [0.1, 0.15) is 17.7 Å². The third kappa shape index (κ3) is 3.10. The Morgan fingerprint density at radius 1 is 1.21 bits per heavy atom. The molecule has 2 aliphatic heterocycles. The van der Waals surface area contributed by atoms with Crippen molar-refractivity contribution in [3.8, 4) is 0 Å². The van der Waals surface area contributed by atoms with E-state index >= 15 is 0 Å². The summed E-state index contributed by atoms with van der Waals surface area (Å²) in [5.74, 6) is -0.742. The molecule has 3 N–H and O–H groups in total. The summed E-state index contributed by atoms with van der Waals surface area (Å²) in [7, 11) is 0. The number of nitrogens with zero attached hydrogens (tertiary/aromatic N) is 4. The zero-order valence-corrected chi connectivity index (χ0v) is 15.7. The average Bonchev–Trinajstić information content (AvgIpc) is 3.42. The van der Waals surface area contributed by atoms with Gasteiger partial charge in [0.15, 0.2) is 11.6 Å². The number of hydrogen-bond acceptors (Lipinski definition) is 5. The number of aromatic amines is 1. The molecule has 1 atom stereocenters. The third-order valence-electron chi connectivity index (χ3n) is 5.82. The fraction of sp³-hybridized carbons (Fsp3) is 0.474. The first-order valence-corrected chi connectivity index (χ1v) is 9.45. The fourth-order valence-electron chi connectivity index (χ4n) is 4.25. The number of carbonyl (C=O) groups excluding carboxylic acids is 2. The predicted molar refractivity (Wildman–Crippen MR) is 100 cm³/mol. The molecule has 2 aromatic rings. The Bertz CT molecular complexity index is 929. The van der Waals surface area contributed by atoms with E-state index in [4.69, 9.17) is 5.73 Å². The van der Waals surface area contributed by atoms with Crippen LogP contribution in [-0.4, -0.2) is 57.8 Å². The van der Waals surface area contributed by atoms with Gasteiger partial charge in [0.05, 0.1) is 5.69 Å². The van der Waals surface area contributed by atoms with Crippen LogP contribution < -0.4 is 10.6 Å². The molecule has 1 unspecified atom stereocenters. The predicted octanol–water partition coefficient (Wildman–Crippen LogP) is 1.35. The van der Waals surface area contributed by atoms with Gasteiger partial charge in [-0.25, -0.2) is 14.4 Å². The number of rotatable bonds is 4. The Morgan fingerprint density at radius 3 is 2.68 bits per heavy atom. The SMILES string of the molecule is CCc1ncnc(N2CCC3(CCN(C(=O)c4ccc(C(N)=O)[nH]4)C3)C2)c1F. The van der Waals surface area contributed by atoms with Crippen molar-refractivity contribution in [3.05, 3.63) is 41.4 Å². The van der Waals surface area contributed by atoms with Crippen LogP contribution in [0.5, 0.6) is 0 Å². The van der Waals surface area contributed by atoms with Crippen molar-refractivity contribution < 1.29 is 14.0 Å². The van der Waals surface area contributed by atoms with Crippen molar-refractivity contribution in [2.45, 2.75) is 26.2 Å². The summed E-state index contributed by atoms with van der Waals surface area (Å²) in [6.07, 6.45) is 3.66. The van der Waals surface area contributed by atoms with Gasteiger partial charge in [0, 0.05) is 31.6 Å². The number of likely N-dealkylation sites (tertiary alicyclic amines) is 1. The smallest absolute Gasteiger partial charge is 0.270 e. The normalized spacial score (nSPS) is 21.6. The number of anilines is 1. The van der Waals surface area contributed by atoms with Crippen molar-refractivity contribution >= 4 is 17.6 Å². The Balaban J connectivity index is 1.46. The van der Waals surface area contributed by atoms with Crippen molar-refractivity contribution in [2.75, 3.05) is 31.1 Å². The van der Waals surface area contributed by atoms with Gasteiger partial charge in [0.25, 0.3) is 11.8 Å². The number of H-pyrrole nitrogens is 1. The monoisotopic (exact) mass is 386 g/mol. The van der Waals surface area contributed by atoms with Crippen LogP contribution in [0.3, 0.4) is 0 Å². The van der Waals surface area contributed by atoms with Crippen molar-refractivity contribution in [2.24, 2.45) is 11.1 Å². The molecule has 0 saturated carbocycles. The molecule has 28 heavy (non-hydrogen) atoms. The maximum absolute atomic E-state index is 14.6. The van der Waals surface area contributed by atoms with Crippen LogP contribution in [0, 0.1) is 11.2 Å². The van der Waals surface area contributed by atoms with Crippen LogP contribution in [-0.2, 0) is 6.42 Å². The minimum atomic E-state index is -0.596. The van der Waals surface area contributed by atoms with E-state index in [0.717, 1.165) is 12.8 Å². The van der Waals surface area contributed by atoms with E-state index in [2.05, 4.69) is 15.0 Å². The minimum absolute atomic E-state index is 0.0709. The standard InChI is InChI=1S/C19H23FN6O2/c1-2-12-15(20)17(23-11-22-12)25-7-5-19(9-25)6-8-26(10-19)18(28)14-4-3-13(24-14)16(21)27/h3-4,11,24H,2,5-10H2,1H3,(H2,21,27). The van der Waals surface area contributed by atoms with Crippen LogP contribution in [0.2, 0.25) is 0 Å². The quantitative estimate of drug-likeness (QED) is 0.825. The highest BCUT2D eigenvalue weighted by atomic mass is 19.1. The maximum Gasteiger partial charge on any atom is 0.270 e. The first kappa shape index (κ1) is 18.4. The van der Waals surface area contributed by atoms with E-state index in [0.29, 0.717) is 49.8 Å². The molecule has 9 heteroatoms. The number of halogens is 1. The van der Waals surface area contributed by atoms with Crippen LogP contribution in [0.4, 0.5) is 10.2 Å². The van der Waals surface area contributed by atoms with Crippen LogP contribution >= 0.6 is 0 Å². The lowest BCUT2D eigenvalue weighted by molar-refractivity contribution is 0.0771. The molecule has 0 radical (unpaired) electrons. The van der Waals surface area contributed by atoms with E-state index in [1.807, 2.05) is 11.8 Å². The number of hydrogen-bond donors (Lipinski definition) is 2. The maximum atomic E-state index is 14.6. The molecule has 0 bridgehead atoms. The highest BCUT2D eigenvalue weighted by Gasteiger charge is 2.45. The second kappa shape index (κ2) is 6.88. The number of nitrogens with two attached hydrogens (primary N) is 1. The Labute approximate surface area is 161 Å². The molecular formula is C19H23FN6O2. The van der Waals surface area contributed by atoms with Gasteiger partial charge in [-0.3, -0.25) is 9.59 Å². The lowest BCUT2D eigenvalue weighted by Gasteiger charge is -2.25. The van der Waals surface area contributed by atoms with Gasteiger partial charge in [-0.05, 0) is 31.4 Å². The first-order valence-electron chi connectivity index (χ1n) is 9.45. The van der Waals surface area contributed by atoms with Crippen molar-refractivity contribution in [3.63, 3.8) is 0 Å². The third-order valence-corrected chi connectivity index (χ3v) is 5.82. The largest absolute Gasteiger partial charge is 0.364 e. The summed E-state index contributed by atoms with van der Waals surface area (Å²) >= 11 is 0. The summed E-state index contributed by atoms with van der Waals surface area (Å²) in [5, 5.41) is 0. The lowest BCUT2D eigenvalue weighted by atomic mass is 9.86. The van der Waals surface area contributed by atoms with Crippen LogP contribution in [0.25, 0.3) is 0 Å². The van der Waals surface area contributed by atoms with Gasteiger partial charge < -0.3 is 20.5 Å². The second-order valence-electron chi connectivity index (χ2n) is 7.61. The fourth-order valence-corrected chi connectivity index (χ4v) is 4.25. The number of aromatic nitrogens is 3. The Hall–Kier alpha value is -2.97. The van der Waals surface area contributed by atoms with E-state index in [9.17, 15) is 14.0 Å². The number of amides is 2. The summed E-state index contributed by atoms with van der Waals surface area (Å²) in [6, 6.07) is 3.10. The Kier molecular flexibility index (Phi) is 4.52. The highest BCUT2D eigenvalue weighted by molar-refractivity contribution is 5.96. The molecule has 2 fully saturated rings. The number of aryl methyl sites for hydroxylation is 1. The van der Waals surface area contributed by atoms with E-state index < -0.39 is 5.91 Å². The number of primary amides is 1. The molecule has 2 aliphatic rings. The van der Waals surface area contributed by atoms with Crippen LogP contribution in [0.1, 0.15) is 46.4 Å². The molecular weight excluding hydrogens is 363 g/mol. The van der Waals surface area contributed by atoms with E-state index in [1.54, 1.807) is 11.0 Å². The van der Waals surface area contributed by atoms with Crippen LogP contribution in [0.15, 0.2) is 18.5 Å². The van der Waals surface area contributed by atoms with Crippen molar-refractivity contribution in [1.29, 1.82) is 0 Å². The highest BCUT2D eigenvalue weighted by Crippen LogP contribution is 2.41. The molecule has 2 aromatic heterocycles. The molecule has 4 heterocycles. The van der Waals surface area contributed by atoms with Gasteiger partial charge in [0.2, 0.25) is 0 Å². The number of nitrogens with one attached hydrogen (secondary N) is 1. The molecule has 148 valence electrons. The second-order valence-corrected chi connectivity index (χ2v) is 7.61. The summed E-state index contributed by atoms with van der Waals surface area (Å²) in [4.78, 5) is 38.7. The van der Waals surface area contributed by atoms with Gasteiger partial charge in [-0.15, -0.1) is 0 Å². The molecule has 1 spiro atoms. The molecule has 8 nitrogen and oxygen atoms in total. The molecule has 2 amide bonds. The average molecular weight is 386 g/mol. The van der Waals surface area contributed by atoms with Gasteiger partial charge in [-0.1, -0.05) is 6.92 Å². The summed E-state index contributed by atoms with van der Waals surface area (Å²) in [5.41, 5.74) is 6.16. The first-order chi connectivity index (χ1) is 13.4. The zero-order chi connectivity index (χ0) is 19.9. The molecule has 0 aliphatic carbocycles. The Morgan fingerprint density at radius 2 is 1.96 bits per heavy atom. The van der Waals surface area contributed by atoms with Gasteiger partial charge >= 0.3 is 0 Å². The van der Waals surface area contributed by atoms with Crippen molar-refractivity contribution in [1.82, 2.24) is 19.9 Å². The number of carbonyl (C=O) groups is 2. The zero-order valence-electron chi connectivity index (χ0n) is 15.7. The molecule has 0 aromatic carbocycles. The van der Waals surface area contributed by atoms with E-state index in [1.165, 1.54) is 12.4 Å². The molecule has 2 saturated heterocycles. The summed E-state index contributed by atoms with van der Waals surface area (Å²) in [6.45, 7) is 4.45. The topological polar surface area (TPSA) is 108 Å². The molecule has 4 rings (SSSR count). The van der Waals surface area contributed by atoms with E-state index in [-0.39, 0.29) is 22.8 Å².